The Balaban J connectivity index is 1.74. The number of aliphatic hydroxyl groups is 2. The van der Waals surface area contributed by atoms with Gasteiger partial charge in [-0.25, -0.2) is 10.1 Å². The molecule has 34 heavy (non-hydrogen) atoms. The Labute approximate surface area is 200 Å². The lowest BCUT2D eigenvalue weighted by atomic mass is 9.96. The molecule has 1 fully saturated rings. The number of rotatable bonds is 9. The molecule has 3 heterocycles. The summed E-state index contributed by atoms with van der Waals surface area (Å²) in [6.07, 6.45) is -2.84. The molecule has 1 aliphatic rings. The number of fused-ring (bicyclic) bond motifs is 1. The lowest BCUT2D eigenvalue weighted by Gasteiger charge is -2.27. The third kappa shape index (κ3) is 5.43. The van der Waals surface area contributed by atoms with E-state index in [1.54, 1.807) is 13.8 Å². The molecule has 5 N–H and O–H groups in total. The summed E-state index contributed by atoms with van der Waals surface area (Å²) in [6.45, 7) is 1.60. The van der Waals surface area contributed by atoms with Crippen LogP contribution in [-0.2, 0) is 23.4 Å². The zero-order valence-electron chi connectivity index (χ0n) is 19.2. The highest BCUT2D eigenvalue weighted by Gasteiger charge is 2.54. The van der Waals surface area contributed by atoms with Gasteiger partial charge in [-0.15, -0.1) is 0 Å². The summed E-state index contributed by atoms with van der Waals surface area (Å²) in [7, 11) is 1.39. The number of halogens is 1. The van der Waals surface area contributed by atoms with Crippen LogP contribution in [-0.4, -0.2) is 79.4 Å². The van der Waals surface area contributed by atoms with Crippen molar-refractivity contribution in [1.29, 1.82) is 0 Å². The summed E-state index contributed by atoms with van der Waals surface area (Å²) in [6, 6.07) is -1.02. The van der Waals surface area contributed by atoms with Crippen LogP contribution in [0.5, 0.6) is 5.88 Å². The highest BCUT2D eigenvalue weighted by molar-refractivity contribution is 7.83. The summed E-state index contributed by atoms with van der Waals surface area (Å²) < 4.78 is 35.2. The fourth-order valence-corrected chi connectivity index (χ4v) is 5.01. The number of hydrogen-bond acceptors (Lipinski definition) is 12. The van der Waals surface area contributed by atoms with Crippen molar-refractivity contribution in [3.63, 3.8) is 0 Å². The number of nitrogens with two attached hydrogens (primary N) is 1. The molecule has 14 nitrogen and oxygen atoms in total. The van der Waals surface area contributed by atoms with Crippen molar-refractivity contribution in [2.75, 3.05) is 19.5 Å². The summed E-state index contributed by atoms with van der Waals surface area (Å²) in [5, 5.41) is 24.0. The van der Waals surface area contributed by atoms with Gasteiger partial charge < -0.3 is 34.7 Å². The van der Waals surface area contributed by atoms with Gasteiger partial charge in [-0.3, -0.25) is 13.9 Å². The maximum absolute atomic E-state index is 12.6. The van der Waals surface area contributed by atoms with Crippen LogP contribution in [0.4, 0.5) is 5.95 Å². The van der Waals surface area contributed by atoms with Gasteiger partial charge in [0.05, 0.1) is 26.1 Å². The standard InChI is InChI=1S/C18H28ClN6O8P/c1-8(2)32-15(27)9(3)24-34(19,29)31-6-10-12(26)18(4,28)16(33-10)25-7-21-11-13(25)22-17(20)23-14(11)30-5/h7-10,12,16,26,28H,6H2,1-5H3,(H,24,29)(H2,20,22,23)/t9-,10+,12+,16+,18?,34?/m0/s1. The molecule has 1 aliphatic heterocycles. The maximum Gasteiger partial charge on any atom is 0.361 e. The number of nitrogens with zero attached hydrogens (tertiary/aromatic N) is 4. The number of imidazole rings is 1. The lowest BCUT2D eigenvalue weighted by molar-refractivity contribution is -0.149. The van der Waals surface area contributed by atoms with E-state index < -0.39 is 49.5 Å². The smallest absolute Gasteiger partial charge is 0.361 e. The summed E-state index contributed by atoms with van der Waals surface area (Å²) >= 11 is 5.93. The molecule has 16 heteroatoms. The quantitative estimate of drug-likeness (QED) is 0.266. The summed E-state index contributed by atoms with van der Waals surface area (Å²) in [4.78, 5) is 24.2. The molecule has 0 bridgehead atoms. The van der Waals surface area contributed by atoms with Gasteiger partial charge in [-0.1, -0.05) is 0 Å². The van der Waals surface area contributed by atoms with Gasteiger partial charge in [0.15, 0.2) is 17.4 Å². The van der Waals surface area contributed by atoms with Crippen LogP contribution < -0.4 is 15.6 Å². The zero-order valence-corrected chi connectivity index (χ0v) is 20.9. The van der Waals surface area contributed by atoms with Crippen molar-refractivity contribution >= 4 is 41.2 Å². The Morgan fingerprint density at radius 3 is 2.74 bits per heavy atom. The number of ether oxygens (including phenoxy) is 3. The van der Waals surface area contributed by atoms with Crippen LogP contribution in [0.2, 0.25) is 0 Å². The number of nitrogen functional groups attached to an aromatic ring is 1. The second kappa shape index (κ2) is 9.90. The van der Waals surface area contributed by atoms with Crippen molar-refractivity contribution in [2.24, 2.45) is 0 Å². The number of nitrogens with one attached hydrogen (secondary N) is 1. The fraction of sp³-hybridized carbons (Fsp3) is 0.667. The third-order valence-electron chi connectivity index (χ3n) is 5.07. The number of aromatic nitrogens is 4. The number of aliphatic hydroxyl groups excluding tert-OH is 1. The summed E-state index contributed by atoms with van der Waals surface area (Å²) in [5.74, 6) is -0.634. The minimum absolute atomic E-state index is 0.0940. The monoisotopic (exact) mass is 522 g/mol. The van der Waals surface area contributed by atoms with Crippen molar-refractivity contribution in [1.82, 2.24) is 24.6 Å². The first-order valence-corrected chi connectivity index (χ1v) is 12.8. The Bertz CT molecular complexity index is 1100. The van der Waals surface area contributed by atoms with Crippen molar-refractivity contribution < 1.29 is 38.3 Å². The number of methoxy groups -OCH3 is 1. The van der Waals surface area contributed by atoms with Crippen LogP contribution >= 0.6 is 18.1 Å². The SMILES string of the molecule is COc1nc(N)nc2c1ncn2[C@@H]1O[C@H](COP(=O)(Cl)N[C@@H](C)C(=O)OC(C)C)[C@@H](O)C1(C)O. The van der Waals surface area contributed by atoms with E-state index in [9.17, 15) is 19.6 Å². The number of esters is 1. The third-order valence-corrected chi connectivity index (χ3v) is 6.83. The predicted octanol–water partition coefficient (Wildman–Crippen LogP) is 0.720. The van der Waals surface area contributed by atoms with E-state index in [4.69, 9.17) is 35.7 Å². The van der Waals surface area contributed by atoms with Crippen LogP contribution in [0, 0.1) is 0 Å². The van der Waals surface area contributed by atoms with Gasteiger partial charge in [-0.2, -0.15) is 9.97 Å². The Morgan fingerprint density at radius 1 is 1.44 bits per heavy atom. The molecule has 190 valence electrons. The molecule has 1 saturated heterocycles. The second-order valence-corrected chi connectivity index (χ2v) is 11.0. The molecular weight excluding hydrogens is 495 g/mol. The van der Waals surface area contributed by atoms with Gasteiger partial charge >= 0.3 is 12.8 Å². The number of anilines is 1. The molecule has 0 aliphatic carbocycles. The van der Waals surface area contributed by atoms with Crippen molar-refractivity contribution in [3.8, 4) is 5.88 Å². The van der Waals surface area contributed by atoms with E-state index >= 15 is 0 Å². The van der Waals surface area contributed by atoms with Gasteiger partial charge in [0.25, 0.3) is 0 Å². The average molecular weight is 523 g/mol. The van der Waals surface area contributed by atoms with Crippen LogP contribution in [0.25, 0.3) is 11.2 Å². The molecule has 2 unspecified atom stereocenters. The van der Waals surface area contributed by atoms with E-state index in [1.807, 2.05) is 0 Å². The number of carbonyl (C=O) groups excluding carboxylic acids is 1. The van der Waals surface area contributed by atoms with E-state index in [0.29, 0.717) is 0 Å². The summed E-state index contributed by atoms with van der Waals surface area (Å²) in [5.41, 5.74) is 4.36. The van der Waals surface area contributed by atoms with Gasteiger partial charge in [-0.05, 0) is 38.9 Å². The highest BCUT2D eigenvalue weighted by Crippen LogP contribution is 2.50. The minimum Gasteiger partial charge on any atom is -0.479 e. The Hall–Kier alpha value is -2.06. The van der Waals surface area contributed by atoms with Gasteiger partial charge in [0, 0.05) is 0 Å². The molecule has 2 aromatic rings. The van der Waals surface area contributed by atoms with E-state index in [1.165, 1.54) is 31.9 Å². The molecule has 2 aromatic heterocycles. The first-order chi connectivity index (χ1) is 15.8. The largest absolute Gasteiger partial charge is 0.479 e. The van der Waals surface area contributed by atoms with Crippen LogP contribution in [0.15, 0.2) is 6.33 Å². The number of hydrogen-bond donors (Lipinski definition) is 4. The van der Waals surface area contributed by atoms with Crippen LogP contribution in [0.3, 0.4) is 0 Å². The van der Waals surface area contributed by atoms with E-state index in [-0.39, 0.29) is 29.1 Å². The second-order valence-electron chi connectivity index (χ2n) is 8.22. The molecule has 0 saturated carbocycles. The van der Waals surface area contributed by atoms with Crippen molar-refractivity contribution in [2.45, 2.75) is 63.9 Å². The molecular formula is C18H28ClN6O8P. The van der Waals surface area contributed by atoms with Gasteiger partial charge in [0.2, 0.25) is 11.8 Å². The van der Waals surface area contributed by atoms with E-state index in [2.05, 4.69) is 20.0 Å². The molecule has 6 atom stereocenters. The average Bonchev–Trinajstić information content (AvgIpc) is 3.23. The highest BCUT2D eigenvalue weighted by atomic mass is 35.7. The maximum atomic E-state index is 12.6. The van der Waals surface area contributed by atoms with Crippen LogP contribution in [0.1, 0.15) is 33.9 Å². The molecule has 0 spiro atoms. The van der Waals surface area contributed by atoms with E-state index in [0.717, 1.165) is 0 Å². The molecule has 0 radical (unpaired) electrons. The molecule has 0 amide bonds. The first-order valence-electron chi connectivity index (χ1n) is 10.3. The fourth-order valence-electron chi connectivity index (χ4n) is 3.42. The zero-order chi connectivity index (χ0) is 25.4. The molecule has 3 rings (SSSR count). The van der Waals surface area contributed by atoms with Crippen molar-refractivity contribution in [3.05, 3.63) is 6.33 Å². The minimum atomic E-state index is -4.03. The Kier molecular flexibility index (Phi) is 7.73. The number of carbonyl (C=O) groups is 1. The van der Waals surface area contributed by atoms with Gasteiger partial charge in [0.1, 0.15) is 23.9 Å². The topological polar surface area (TPSA) is 193 Å². The lowest BCUT2D eigenvalue weighted by Crippen LogP contribution is -2.44. The Morgan fingerprint density at radius 2 is 2.12 bits per heavy atom. The predicted molar refractivity (Wildman–Crippen MR) is 120 cm³/mol. The first kappa shape index (κ1) is 26.5. The molecule has 0 aromatic carbocycles. The normalized spacial score (nSPS) is 27.6.